The van der Waals surface area contributed by atoms with Crippen LogP contribution in [0.25, 0.3) is 11.4 Å². The van der Waals surface area contributed by atoms with Crippen molar-refractivity contribution in [2.45, 2.75) is 37.4 Å². The molecule has 0 aliphatic heterocycles. The predicted molar refractivity (Wildman–Crippen MR) is 119 cm³/mol. The number of aromatic nitrogens is 4. The van der Waals surface area contributed by atoms with Gasteiger partial charge in [-0.3, -0.25) is 9.36 Å². The van der Waals surface area contributed by atoms with Crippen LogP contribution in [0.2, 0.25) is 5.15 Å². The molecule has 0 saturated heterocycles. The highest BCUT2D eigenvalue weighted by Gasteiger charge is 2.22. The number of thioether (sulfide) groups is 1. The molecule has 1 amide bonds. The first-order chi connectivity index (χ1) is 14.2. The van der Waals surface area contributed by atoms with E-state index in [-0.39, 0.29) is 16.8 Å². The summed E-state index contributed by atoms with van der Waals surface area (Å²) in [6.45, 7) is 4.45. The van der Waals surface area contributed by atoms with Gasteiger partial charge in [-0.15, -0.1) is 28.1 Å². The molecule has 150 valence electrons. The summed E-state index contributed by atoms with van der Waals surface area (Å²) in [5, 5.41) is 14.7. The number of nitrogens with one attached hydrogen (secondary N) is 1. The summed E-state index contributed by atoms with van der Waals surface area (Å²) in [6.07, 6.45) is 8.11. The van der Waals surface area contributed by atoms with Crippen LogP contribution in [-0.2, 0) is 24.2 Å². The van der Waals surface area contributed by atoms with E-state index in [4.69, 9.17) is 11.6 Å². The van der Waals surface area contributed by atoms with Gasteiger partial charge >= 0.3 is 0 Å². The van der Waals surface area contributed by atoms with Crippen LogP contribution in [0.15, 0.2) is 41.5 Å². The van der Waals surface area contributed by atoms with Gasteiger partial charge < -0.3 is 5.32 Å². The second-order valence-corrected chi connectivity index (χ2v) is 8.91. The predicted octanol–water partition coefficient (Wildman–Crippen LogP) is 4.85. The normalized spacial score (nSPS) is 13.1. The Balaban J connectivity index is 1.51. The maximum absolute atomic E-state index is 12.3. The zero-order chi connectivity index (χ0) is 20.2. The number of carbonyl (C=O) groups is 1. The van der Waals surface area contributed by atoms with Gasteiger partial charge in [0.05, 0.1) is 11.4 Å². The fourth-order valence-corrected chi connectivity index (χ4v) is 5.40. The van der Waals surface area contributed by atoms with Gasteiger partial charge in [0.25, 0.3) is 0 Å². The molecule has 0 saturated carbocycles. The first kappa shape index (κ1) is 20.1. The van der Waals surface area contributed by atoms with Gasteiger partial charge in [0.2, 0.25) is 5.91 Å². The van der Waals surface area contributed by atoms with Gasteiger partial charge in [-0.2, -0.15) is 0 Å². The number of rotatable bonds is 7. The average molecular weight is 446 g/mol. The molecule has 9 heteroatoms. The molecule has 0 spiro atoms. The average Bonchev–Trinajstić information content (AvgIpc) is 3.32. The summed E-state index contributed by atoms with van der Waals surface area (Å²) >= 11 is 9.15. The molecule has 1 aliphatic carbocycles. The highest BCUT2D eigenvalue weighted by atomic mass is 35.5. The number of hydrogen-bond acceptors (Lipinski definition) is 6. The lowest BCUT2D eigenvalue weighted by Gasteiger charge is -2.13. The summed E-state index contributed by atoms with van der Waals surface area (Å²) in [4.78, 5) is 17.8. The maximum atomic E-state index is 12.3. The monoisotopic (exact) mass is 445 g/mol. The number of amides is 1. The second kappa shape index (κ2) is 9.11. The molecule has 0 aromatic carbocycles. The number of thiophene rings is 1. The molecular formula is C20H20ClN5OS2. The standard InChI is InChI=1S/C20H20ClN5OS2/c1-2-10-26-19(14-11-28-16-8-4-3-6-13(14)16)24-25-20(26)29-12-17(27)23-15-7-5-9-22-18(15)21/h2,5,7,9,11H,1,3-4,6,8,10,12H2,(H,23,27). The Morgan fingerprint density at radius 3 is 3.07 bits per heavy atom. The van der Waals surface area contributed by atoms with Crippen LogP contribution < -0.4 is 5.32 Å². The van der Waals surface area contributed by atoms with Crippen molar-refractivity contribution >= 4 is 46.3 Å². The number of nitrogens with zero attached hydrogens (tertiary/aromatic N) is 4. The van der Waals surface area contributed by atoms with Gasteiger partial charge in [0.1, 0.15) is 0 Å². The van der Waals surface area contributed by atoms with E-state index < -0.39 is 0 Å². The first-order valence-electron chi connectivity index (χ1n) is 9.34. The highest BCUT2D eigenvalue weighted by molar-refractivity contribution is 7.99. The first-order valence-corrected chi connectivity index (χ1v) is 11.6. The molecule has 0 radical (unpaired) electrons. The fraction of sp³-hybridized carbons (Fsp3) is 0.300. The smallest absolute Gasteiger partial charge is 0.234 e. The van der Waals surface area contributed by atoms with Gasteiger partial charge in [-0.1, -0.05) is 29.4 Å². The number of carbonyl (C=O) groups excluding carboxylic acids is 1. The lowest BCUT2D eigenvalue weighted by molar-refractivity contribution is -0.113. The Labute approximate surface area is 182 Å². The van der Waals surface area contributed by atoms with Gasteiger partial charge in [0, 0.05) is 28.6 Å². The van der Waals surface area contributed by atoms with E-state index in [0.717, 1.165) is 24.2 Å². The van der Waals surface area contributed by atoms with Crippen molar-refractivity contribution in [1.82, 2.24) is 19.7 Å². The van der Waals surface area contributed by atoms with E-state index in [1.807, 2.05) is 22.0 Å². The molecule has 1 aliphatic rings. The minimum atomic E-state index is -0.174. The summed E-state index contributed by atoms with van der Waals surface area (Å²) < 4.78 is 2.03. The fourth-order valence-electron chi connectivity index (χ4n) is 3.37. The lowest BCUT2D eigenvalue weighted by Crippen LogP contribution is -2.15. The topological polar surface area (TPSA) is 72.7 Å². The molecular weight excluding hydrogens is 426 g/mol. The minimum absolute atomic E-state index is 0.174. The van der Waals surface area contributed by atoms with Crippen molar-refractivity contribution in [3.05, 3.63) is 52.0 Å². The molecule has 6 nitrogen and oxygen atoms in total. The number of fused-ring (bicyclic) bond motifs is 1. The molecule has 0 unspecified atom stereocenters. The van der Waals surface area contributed by atoms with E-state index in [1.54, 1.807) is 18.3 Å². The number of pyridine rings is 1. The molecule has 3 aromatic heterocycles. The van der Waals surface area contributed by atoms with E-state index in [0.29, 0.717) is 17.4 Å². The largest absolute Gasteiger partial charge is 0.323 e. The molecule has 0 fully saturated rings. The molecule has 0 atom stereocenters. The van der Waals surface area contributed by atoms with Gasteiger partial charge in [-0.25, -0.2) is 4.98 Å². The summed E-state index contributed by atoms with van der Waals surface area (Å²) in [7, 11) is 0. The number of anilines is 1. The number of halogens is 1. The van der Waals surface area contributed by atoms with Crippen molar-refractivity contribution in [3.8, 4) is 11.4 Å². The van der Waals surface area contributed by atoms with Crippen molar-refractivity contribution in [1.29, 1.82) is 0 Å². The molecule has 4 rings (SSSR count). The Kier molecular flexibility index (Phi) is 6.32. The molecule has 1 N–H and O–H groups in total. The van der Waals surface area contributed by atoms with E-state index in [9.17, 15) is 4.79 Å². The molecule has 3 heterocycles. The number of allylic oxidation sites excluding steroid dienone is 1. The zero-order valence-corrected chi connectivity index (χ0v) is 18.1. The maximum Gasteiger partial charge on any atom is 0.234 e. The van der Waals surface area contributed by atoms with Gasteiger partial charge in [-0.05, 0) is 43.4 Å². The molecule has 0 bridgehead atoms. The van der Waals surface area contributed by atoms with Crippen LogP contribution in [0.3, 0.4) is 0 Å². The van der Waals surface area contributed by atoms with E-state index in [2.05, 4.69) is 32.5 Å². The Hall–Kier alpha value is -2.16. The number of hydrogen-bond donors (Lipinski definition) is 1. The zero-order valence-electron chi connectivity index (χ0n) is 15.7. The third-order valence-corrected chi connectivity index (χ3v) is 7.05. The third-order valence-electron chi connectivity index (χ3n) is 4.70. The van der Waals surface area contributed by atoms with E-state index in [1.165, 1.54) is 35.0 Å². The Morgan fingerprint density at radius 1 is 1.38 bits per heavy atom. The second-order valence-electron chi connectivity index (χ2n) is 6.64. The van der Waals surface area contributed by atoms with Crippen LogP contribution in [0.1, 0.15) is 23.3 Å². The highest BCUT2D eigenvalue weighted by Crippen LogP contribution is 2.36. The van der Waals surface area contributed by atoms with Crippen molar-refractivity contribution in [2.24, 2.45) is 0 Å². The molecule has 3 aromatic rings. The van der Waals surface area contributed by atoms with Crippen LogP contribution in [-0.4, -0.2) is 31.4 Å². The summed E-state index contributed by atoms with van der Waals surface area (Å²) in [5.74, 6) is 0.873. The quantitative estimate of drug-likeness (QED) is 0.319. The van der Waals surface area contributed by atoms with Crippen LogP contribution in [0.4, 0.5) is 5.69 Å². The Bertz CT molecular complexity index is 1050. The summed E-state index contributed by atoms with van der Waals surface area (Å²) in [6, 6.07) is 3.44. The Morgan fingerprint density at radius 2 is 2.24 bits per heavy atom. The third kappa shape index (κ3) is 4.39. The minimum Gasteiger partial charge on any atom is -0.323 e. The van der Waals surface area contributed by atoms with Crippen molar-refractivity contribution in [3.63, 3.8) is 0 Å². The van der Waals surface area contributed by atoms with Crippen molar-refractivity contribution in [2.75, 3.05) is 11.1 Å². The SMILES string of the molecule is C=CCn1c(SCC(=O)Nc2cccnc2Cl)nnc1-c1csc2c1CCCC2. The van der Waals surface area contributed by atoms with Gasteiger partial charge in [0.15, 0.2) is 16.1 Å². The number of aryl methyl sites for hydroxylation is 1. The van der Waals surface area contributed by atoms with E-state index >= 15 is 0 Å². The molecule has 29 heavy (non-hydrogen) atoms. The van der Waals surface area contributed by atoms with Crippen LogP contribution in [0, 0.1) is 0 Å². The lowest BCUT2D eigenvalue weighted by atomic mass is 9.95. The van der Waals surface area contributed by atoms with Crippen molar-refractivity contribution < 1.29 is 4.79 Å². The van der Waals surface area contributed by atoms with Crippen LogP contribution >= 0.6 is 34.7 Å². The summed E-state index contributed by atoms with van der Waals surface area (Å²) in [5.41, 5.74) is 3.06. The van der Waals surface area contributed by atoms with Crippen LogP contribution in [0.5, 0.6) is 0 Å².